The number of unbranched alkanes of at least 4 members (excludes halogenated alkanes) is 1. The summed E-state index contributed by atoms with van der Waals surface area (Å²) in [5.74, 6) is 1.18. The van der Waals surface area contributed by atoms with E-state index in [1.807, 2.05) is 42.4 Å². The van der Waals surface area contributed by atoms with E-state index in [1.165, 1.54) is 23.5 Å². The van der Waals surface area contributed by atoms with Gasteiger partial charge >= 0.3 is 6.03 Å². The van der Waals surface area contributed by atoms with Gasteiger partial charge in [-0.25, -0.2) is 14.5 Å². The van der Waals surface area contributed by atoms with Gasteiger partial charge in [0.1, 0.15) is 29.9 Å². The Morgan fingerprint density at radius 1 is 0.795 bits per heavy atom. The van der Waals surface area contributed by atoms with Crippen molar-refractivity contribution >= 4 is 45.9 Å². The maximum absolute atomic E-state index is 13.9. The van der Waals surface area contributed by atoms with Crippen LogP contribution in [0.15, 0.2) is 121 Å². The number of thiazole rings is 1. The second kappa shape index (κ2) is 34.2. The van der Waals surface area contributed by atoms with E-state index in [9.17, 15) is 24.3 Å². The minimum absolute atomic E-state index is 0.0231. The first-order valence-corrected chi connectivity index (χ1v) is 29.4. The first kappa shape index (κ1) is 63.1. The Morgan fingerprint density at radius 3 is 2.22 bits per heavy atom. The van der Waals surface area contributed by atoms with E-state index in [2.05, 4.69) is 61.3 Å². The highest BCUT2D eigenvalue weighted by Gasteiger charge is 2.41. The third-order valence-electron chi connectivity index (χ3n) is 13.9. The number of piperazine rings is 1. The molecule has 2 aliphatic rings. The number of phenols is 1. The molecule has 1 saturated carbocycles. The molecule has 4 N–H and O–H groups in total. The molecule has 2 aromatic heterocycles. The number of hydrogen-bond donors (Lipinski definition) is 4. The number of hydrogen-bond acceptors (Lipinski definition) is 16. The van der Waals surface area contributed by atoms with E-state index in [1.54, 1.807) is 69.6 Å². The summed E-state index contributed by atoms with van der Waals surface area (Å²) in [5.41, 5.74) is 4.52. The number of nitrogens with one attached hydrogen (secondary N) is 3. The number of allylic oxidation sites excluding steroid dienone is 2. The molecule has 83 heavy (non-hydrogen) atoms. The second-order valence-electron chi connectivity index (χ2n) is 20.4. The number of aromatic hydroxyl groups is 1. The van der Waals surface area contributed by atoms with Gasteiger partial charge in [0.25, 0.3) is 0 Å². The molecule has 5 aromatic rings. The quantitative estimate of drug-likeness (QED) is 0.0233. The summed E-state index contributed by atoms with van der Waals surface area (Å²) in [7, 11) is 4.13. The summed E-state index contributed by atoms with van der Waals surface area (Å²) in [5, 5.41) is 29.1. The zero-order chi connectivity index (χ0) is 58.6. The number of carbonyl (C=O) groups is 4. The minimum atomic E-state index is -0.833. The van der Waals surface area contributed by atoms with Crippen LogP contribution in [0.1, 0.15) is 60.7 Å². The first-order chi connectivity index (χ1) is 40.4. The Hall–Kier alpha value is -7.47. The summed E-state index contributed by atoms with van der Waals surface area (Å²) in [6, 6.07) is 20.1. The molecule has 1 saturated heterocycles. The molecule has 2 fully saturated rings. The highest BCUT2D eigenvalue weighted by atomic mass is 32.1. The lowest BCUT2D eigenvalue weighted by molar-refractivity contribution is -0.141. The summed E-state index contributed by atoms with van der Waals surface area (Å²) in [6.45, 7) is 17.2. The summed E-state index contributed by atoms with van der Waals surface area (Å²) in [6.07, 6.45) is 12.2. The Morgan fingerprint density at radius 2 is 1.49 bits per heavy atom. The third-order valence-corrected chi connectivity index (χ3v) is 14.7. The van der Waals surface area contributed by atoms with Crippen molar-refractivity contribution in [3.05, 3.63) is 144 Å². The van der Waals surface area contributed by atoms with Gasteiger partial charge < -0.3 is 59.0 Å². The molecule has 1 unspecified atom stereocenters. The zero-order valence-corrected chi connectivity index (χ0v) is 48.8. The summed E-state index contributed by atoms with van der Waals surface area (Å²) < 4.78 is 30.9. The van der Waals surface area contributed by atoms with Gasteiger partial charge in [-0.2, -0.15) is 0 Å². The number of carbonyl (C=O) groups excluding carboxylic acids is 4. The smallest absolute Gasteiger partial charge is 0.325 e. The van der Waals surface area contributed by atoms with Crippen molar-refractivity contribution < 1.29 is 48.0 Å². The van der Waals surface area contributed by atoms with Crippen LogP contribution in [-0.4, -0.2) is 187 Å². The fourth-order valence-electron chi connectivity index (χ4n) is 8.98. The molecular formula is C61H81N11O10S. The van der Waals surface area contributed by atoms with E-state index in [0.29, 0.717) is 113 Å². The van der Waals surface area contributed by atoms with Gasteiger partial charge in [-0.05, 0) is 118 Å². The lowest BCUT2D eigenvalue weighted by Gasteiger charge is -2.32. The number of nitrogens with zero attached hydrogens (tertiary/aromatic N) is 8. The van der Waals surface area contributed by atoms with Crippen LogP contribution in [0.3, 0.4) is 0 Å². The average Bonchev–Trinajstić information content (AvgIpc) is 4.11. The molecule has 1 aliphatic heterocycles. The number of ether oxygens (including phenoxy) is 5. The van der Waals surface area contributed by atoms with E-state index in [0.717, 1.165) is 74.4 Å². The van der Waals surface area contributed by atoms with Crippen LogP contribution in [0.5, 0.6) is 17.2 Å². The normalized spacial score (nSPS) is 14.0. The van der Waals surface area contributed by atoms with Crippen molar-refractivity contribution in [2.24, 2.45) is 0 Å². The summed E-state index contributed by atoms with van der Waals surface area (Å²) >= 11 is 1.28. The van der Waals surface area contributed by atoms with Crippen LogP contribution in [0.4, 0.5) is 15.6 Å². The fraction of sp³-hybridized carbons (Fsp3) is 0.459. The third kappa shape index (κ3) is 22.3. The Balaban J connectivity index is 0.659. The molecule has 21 nitrogen and oxygen atoms in total. The maximum atomic E-state index is 13.9. The van der Waals surface area contributed by atoms with Crippen LogP contribution in [-0.2, 0) is 54.4 Å². The van der Waals surface area contributed by atoms with Crippen LogP contribution in [0.2, 0.25) is 0 Å². The van der Waals surface area contributed by atoms with Gasteiger partial charge in [-0.3, -0.25) is 19.7 Å². The SMILES string of the molecule is C=C/C=C(\C=C)CNC(=O)C(c1ccc(O)cc1)N(C(=O)CCc1ccc(OCCCCN(C)CCOCCOCCc2cn(CCOCCOc3ccc(NC(=O)Nc4nc(CC(=O)N5CCN(C)CC5)cs4)cc3)nn2)cc1)C1CC1. The lowest BCUT2D eigenvalue weighted by atomic mass is 10.0. The topological polar surface area (TPSA) is 227 Å². The molecule has 1 aliphatic carbocycles. The highest BCUT2D eigenvalue weighted by molar-refractivity contribution is 7.14. The van der Waals surface area contributed by atoms with Crippen molar-refractivity contribution in [1.29, 1.82) is 0 Å². The van der Waals surface area contributed by atoms with Crippen molar-refractivity contribution in [2.45, 2.75) is 70.0 Å². The second-order valence-corrected chi connectivity index (χ2v) is 21.3. The fourth-order valence-corrected chi connectivity index (χ4v) is 9.69. The van der Waals surface area contributed by atoms with Crippen LogP contribution in [0.25, 0.3) is 0 Å². The monoisotopic (exact) mass is 1160 g/mol. The zero-order valence-electron chi connectivity index (χ0n) is 48.0. The van der Waals surface area contributed by atoms with Gasteiger partial charge in [0.15, 0.2) is 5.13 Å². The minimum Gasteiger partial charge on any atom is -0.508 e. The van der Waals surface area contributed by atoms with E-state index in [-0.39, 0.29) is 48.9 Å². The van der Waals surface area contributed by atoms with Crippen molar-refractivity contribution in [1.82, 2.24) is 44.9 Å². The molecule has 7 rings (SSSR count). The lowest BCUT2D eigenvalue weighted by Crippen LogP contribution is -2.47. The predicted octanol–water partition coefficient (Wildman–Crippen LogP) is 6.94. The number of amides is 5. The molecular weight excluding hydrogens is 1080 g/mol. The van der Waals surface area contributed by atoms with E-state index in [4.69, 9.17) is 23.7 Å². The number of phenolic OH excluding ortho intramolecular Hbond substituents is 1. The number of likely N-dealkylation sites (N-methyl/N-ethyl adjacent to an activating group) is 2. The molecule has 1 atom stereocenters. The van der Waals surface area contributed by atoms with Crippen molar-refractivity contribution in [3.8, 4) is 17.2 Å². The number of rotatable bonds is 37. The average molecular weight is 1160 g/mol. The number of anilines is 2. The van der Waals surface area contributed by atoms with Crippen molar-refractivity contribution in [3.63, 3.8) is 0 Å². The molecule has 3 heterocycles. The van der Waals surface area contributed by atoms with Gasteiger partial charge in [-0.15, -0.1) is 16.4 Å². The predicted molar refractivity (Wildman–Crippen MR) is 320 cm³/mol. The number of aromatic nitrogens is 4. The Bertz CT molecular complexity index is 2830. The highest BCUT2D eigenvalue weighted by Crippen LogP contribution is 2.36. The summed E-state index contributed by atoms with van der Waals surface area (Å²) in [4.78, 5) is 65.3. The Kier molecular flexibility index (Phi) is 26.0. The molecule has 446 valence electrons. The van der Waals surface area contributed by atoms with E-state index >= 15 is 0 Å². The largest absolute Gasteiger partial charge is 0.508 e. The van der Waals surface area contributed by atoms with Crippen molar-refractivity contribution in [2.75, 3.05) is 123 Å². The maximum Gasteiger partial charge on any atom is 0.325 e. The molecule has 3 aromatic carbocycles. The molecule has 0 bridgehead atoms. The van der Waals surface area contributed by atoms with Gasteiger partial charge in [0, 0.05) is 75.4 Å². The number of aryl methyl sites for hydroxylation is 1. The van der Waals surface area contributed by atoms with Gasteiger partial charge in [0.05, 0.1) is 70.6 Å². The molecule has 5 amide bonds. The molecule has 0 spiro atoms. The van der Waals surface area contributed by atoms with Crippen LogP contribution >= 0.6 is 11.3 Å². The molecule has 0 radical (unpaired) electrons. The van der Waals surface area contributed by atoms with Crippen LogP contribution < -0.4 is 25.4 Å². The molecule has 22 heteroatoms. The standard InChI is InChI=1S/C61H81N11O10S/c1-5-9-46(6-2)43-62-59(76)58(48-13-19-53(73)20-14-48)72(52-17-18-52)56(74)25-12-47-10-21-54(22-11-47)81-34-8-7-27-68(3)32-36-79-39-38-78-35-26-50-44-71(67-66-50)33-37-80-40-41-82-55-23-15-49(16-24-55)63-60(77)65-61-64-51(45-83-61)42-57(75)70-30-28-69(4)29-31-70/h5-6,9-11,13-16,19-24,44-45,52,58,73H,1-2,7-8,12,17-18,25-43H2,3-4H3,(H,62,76)(H2,63,64,65,77)/b46-9+. The number of urea groups is 1. The van der Waals surface area contributed by atoms with E-state index < -0.39 is 12.1 Å². The first-order valence-electron chi connectivity index (χ1n) is 28.5. The van der Waals surface area contributed by atoms with Crippen LogP contribution in [0, 0.1) is 0 Å². The Labute approximate surface area is 491 Å². The van der Waals surface area contributed by atoms with Gasteiger partial charge in [-0.1, -0.05) is 60.9 Å². The number of benzene rings is 3. The van der Waals surface area contributed by atoms with Gasteiger partial charge in [0.2, 0.25) is 17.7 Å².